The molecule has 0 saturated carbocycles. The Morgan fingerprint density at radius 2 is 1.92 bits per heavy atom. The number of methoxy groups -OCH3 is 2. The number of aromatic nitrogens is 1. The SMILES string of the molecule is COc1ccc2c(ccn2CC(=O)NCCc2ccccc2OC)c1. The van der Waals surface area contributed by atoms with Gasteiger partial charge >= 0.3 is 0 Å². The van der Waals surface area contributed by atoms with Gasteiger partial charge in [-0.25, -0.2) is 0 Å². The number of carbonyl (C=O) groups is 1. The van der Waals surface area contributed by atoms with Crippen molar-refractivity contribution < 1.29 is 14.3 Å². The molecule has 25 heavy (non-hydrogen) atoms. The highest BCUT2D eigenvalue weighted by Crippen LogP contribution is 2.21. The number of fused-ring (bicyclic) bond motifs is 1. The van der Waals surface area contributed by atoms with Crippen LogP contribution in [0.3, 0.4) is 0 Å². The number of rotatable bonds is 7. The number of para-hydroxylation sites is 1. The number of carbonyl (C=O) groups excluding carboxylic acids is 1. The van der Waals surface area contributed by atoms with E-state index in [0.717, 1.165) is 34.4 Å². The number of benzene rings is 2. The van der Waals surface area contributed by atoms with Crippen LogP contribution in [0.1, 0.15) is 5.56 Å². The number of nitrogens with one attached hydrogen (secondary N) is 1. The fourth-order valence-corrected chi connectivity index (χ4v) is 2.90. The molecule has 0 saturated heterocycles. The van der Waals surface area contributed by atoms with Gasteiger partial charge in [0.2, 0.25) is 5.91 Å². The van der Waals surface area contributed by atoms with Gasteiger partial charge in [-0.1, -0.05) is 18.2 Å². The molecular formula is C20H22N2O3. The van der Waals surface area contributed by atoms with E-state index in [1.807, 2.05) is 59.3 Å². The molecule has 5 nitrogen and oxygen atoms in total. The molecule has 3 rings (SSSR count). The molecule has 0 aliphatic rings. The van der Waals surface area contributed by atoms with E-state index in [-0.39, 0.29) is 5.91 Å². The topological polar surface area (TPSA) is 52.5 Å². The second-order valence-electron chi connectivity index (χ2n) is 5.78. The summed E-state index contributed by atoms with van der Waals surface area (Å²) in [7, 11) is 3.30. The van der Waals surface area contributed by atoms with Crippen molar-refractivity contribution in [3.63, 3.8) is 0 Å². The van der Waals surface area contributed by atoms with Crippen LogP contribution in [0.4, 0.5) is 0 Å². The maximum absolute atomic E-state index is 12.2. The van der Waals surface area contributed by atoms with Gasteiger partial charge in [-0.2, -0.15) is 0 Å². The predicted octanol–water partition coefficient (Wildman–Crippen LogP) is 3.02. The average Bonchev–Trinajstić information content (AvgIpc) is 3.04. The molecule has 0 radical (unpaired) electrons. The van der Waals surface area contributed by atoms with Crippen molar-refractivity contribution in [1.29, 1.82) is 0 Å². The highest BCUT2D eigenvalue weighted by molar-refractivity contribution is 5.84. The van der Waals surface area contributed by atoms with E-state index >= 15 is 0 Å². The Hall–Kier alpha value is -2.95. The zero-order chi connectivity index (χ0) is 17.6. The van der Waals surface area contributed by atoms with Crippen LogP contribution in [-0.2, 0) is 17.8 Å². The lowest BCUT2D eigenvalue weighted by Gasteiger charge is -2.10. The van der Waals surface area contributed by atoms with Gasteiger partial charge in [0.25, 0.3) is 0 Å². The van der Waals surface area contributed by atoms with Crippen molar-refractivity contribution in [2.24, 2.45) is 0 Å². The first-order valence-corrected chi connectivity index (χ1v) is 8.22. The third-order valence-corrected chi connectivity index (χ3v) is 4.20. The molecule has 5 heteroatoms. The second-order valence-corrected chi connectivity index (χ2v) is 5.78. The number of ether oxygens (including phenoxy) is 2. The molecule has 0 bridgehead atoms. The van der Waals surface area contributed by atoms with E-state index in [1.165, 1.54) is 0 Å². The van der Waals surface area contributed by atoms with Crippen LogP contribution in [0.2, 0.25) is 0 Å². The Kier molecular flexibility index (Phi) is 5.23. The highest BCUT2D eigenvalue weighted by atomic mass is 16.5. The second kappa shape index (κ2) is 7.75. The summed E-state index contributed by atoms with van der Waals surface area (Å²) >= 11 is 0. The standard InChI is InChI=1S/C20H22N2O3/c1-24-17-7-8-18-16(13-17)10-12-22(18)14-20(23)21-11-9-15-5-3-4-6-19(15)25-2/h3-8,10,12-13H,9,11,14H2,1-2H3,(H,21,23). The Labute approximate surface area is 147 Å². The lowest BCUT2D eigenvalue weighted by atomic mass is 10.1. The minimum absolute atomic E-state index is 0.0109. The zero-order valence-corrected chi connectivity index (χ0v) is 14.5. The molecule has 3 aromatic rings. The van der Waals surface area contributed by atoms with Crippen LogP contribution in [0.15, 0.2) is 54.7 Å². The summed E-state index contributed by atoms with van der Waals surface area (Å²) in [6.07, 6.45) is 2.66. The van der Waals surface area contributed by atoms with Crippen molar-refractivity contribution in [3.8, 4) is 11.5 Å². The van der Waals surface area contributed by atoms with Crippen LogP contribution in [0.25, 0.3) is 10.9 Å². The van der Waals surface area contributed by atoms with Gasteiger partial charge in [0.15, 0.2) is 0 Å². The van der Waals surface area contributed by atoms with Crippen LogP contribution in [0, 0.1) is 0 Å². The summed E-state index contributed by atoms with van der Waals surface area (Å²) in [5.74, 6) is 1.65. The van der Waals surface area contributed by atoms with Gasteiger partial charge < -0.3 is 19.4 Å². The molecule has 130 valence electrons. The van der Waals surface area contributed by atoms with E-state index in [1.54, 1.807) is 14.2 Å². The molecule has 0 fully saturated rings. The van der Waals surface area contributed by atoms with Gasteiger partial charge in [-0.05, 0) is 42.3 Å². The molecule has 1 N–H and O–H groups in total. The lowest BCUT2D eigenvalue weighted by molar-refractivity contribution is -0.121. The van der Waals surface area contributed by atoms with E-state index in [0.29, 0.717) is 13.1 Å². The molecule has 0 atom stereocenters. The monoisotopic (exact) mass is 338 g/mol. The molecular weight excluding hydrogens is 316 g/mol. The molecule has 1 aromatic heterocycles. The number of nitrogens with zero attached hydrogens (tertiary/aromatic N) is 1. The largest absolute Gasteiger partial charge is 0.497 e. The fourth-order valence-electron chi connectivity index (χ4n) is 2.90. The molecule has 1 amide bonds. The van der Waals surface area contributed by atoms with Crippen molar-refractivity contribution in [3.05, 3.63) is 60.3 Å². The first-order valence-electron chi connectivity index (χ1n) is 8.22. The van der Waals surface area contributed by atoms with Gasteiger partial charge in [0.1, 0.15) is 18.0 Å². The fraction of sp³-hybridized carbons (Fsp3) is 0.250. The Balaban J connectivity index is 1.58. The van der Waals surface area contributed by atoms with Gasteiger partial charge in [-0.15, -0.1) is 0 Å². The van der Waals surface area contributed by atoms with Gasteiger partial charge in [-0.3, -0.25) is 4.79 Å². The molecule has 0 spiro atoms. The highest BCUT2D eigenvalue weighted by Gasteiger charge is 2.08. The van der Waals surface area contributed by atoms with Crippen LogP contribution in [0.5, 0.6) is 11.5 Å². The maximum Gasteiger partial charge on any atom is 0.239 e. The summed E-state index contributed by atoms with van der Waals surface area (Å²) in [6, 6.07) is 15.7. The smallest absolute Gasteiger partial charge is 0.239 e. The minimum Gasteiger partial charge on any atom is -0.497 e. The molecule has 0 unspecified atom stereocenters. The number of amides is 1. The third-order valence-electron chi connectivity index (χ3n) is 4.20. The van der Waals surface area contributed by atoms with E-state index in [4.69, 9.17) is 9.47 Å². The third kappa shape index (κ3) is 3.94. The summed E-state index contributed by atoms with van der Waals surface area (Å²) in [5.41, 5.74) is 2.10. The Morgan fingerprint density at radius 1 is 1.08 bits per heavy atom. The lowest BCUT2D eigenvalue weighted by Crippen LogP contribution is -2.29. The Bertz CT molecular complexity index is 870. The number of hydrogen-bond acceptors (Lipinski definition) is 3. The van der Waals surface area contributed by atoms with E-state index in [2.05, 4.69) is 5.32 Å². The van der Waals surface area contributed by atoms with Crippen molar-refractivity contribution in [2.75, 3.05) is 20.8 Å². The summed E-state index contributed by atoms with van der Waals surface area (Å²) in [4.78, 5) is 12.2. The van der Waals surface area contributed by atoms with Crippen LogP contribution < -0.4 is 14.8 Å². The molecule has 0 aliphatic heterocycles. The van der Waals surface area contributed by atoms with E-state index < -0.39 is 0 Å². The van der Waals surface area contributed by atoms with Gasteiger partial charge in [0, 0.05) is 23.6 Å². The first-order chi connectivity index (χ1) is 12.2. The predicted molar refractivity (Wildman–Crippen MR) is 98.2 cm³/mol. The van der Waals surface area contributed by atoms with Crippen LogP contribution >= 0.6 is 0 Å². The molecule has 1 heterocycles. The maximum atomic E-state index is 12.2. The van der Waals surface area contributed by atoms with Crippen LogP contribution in [-0.4, -0.2) is 31.2 Å². The zero-order valence-electron chi connectivity index (χ0n) is 14.5. The molecule has 0 aliphatic carbocycles. The average molecular weight is 338 g/mol. The summed E-state index contributed by atoms with van der Waals surface area (Å²) in [6.45, 7) is 0.869. The minimum atomic E-state index is -0.0109. The summed E-state index contributed by atoms with van der Waals surface area (Å²) < 4.78 is 12.5. The van der Waals surface area contributed by atoms with E-state index in [9.17, 15) is 4.79 Å². The first kappa shape index (κ1) is 16.9. The summed E-state index contributed by atoms with van der Waals surface area (Å²) in [5, 5.41) is 4.02. The van der Waals surface area contributed by atoms with Crippen molar-refractivity contribution in [1.82, 2.24) is 9.88 Å². The molecule has 2 aromatic carbocycles. The van der Waals surface area contributed by atoms with Crippen molar-refractivity contribution in [2.45, 2.75) is 13.0 Å². The quantitative estimate of drug-likeness (QED) is 0.720. The normalized spacial score (nSPS) is 10.6. The van der Waals surface area contributed by atoms with Crippen molar-refractivity contribution >= 4 is 16.8 Å². The van der Waals surface area contributed by atoms with Gasteiger partial charge in [0.05, 0.1) is 14.2 Å². The number of hydrogen-bond donors (Lipinski definition) is 1. The Morgan fingerprint density at radius 3 is 2.72 bits per heavy atom.